The Bertz CT molecular complexity index is 8150. The van der Waals surface area contributed by atoms with E-state index in [1.54, 1.807) is 16.7 Å². The molecule has 0 atom stereocenters. The lowest BCUT2D eigenvalue weighted by atomic mass is 9.70. The monoisotopic (exact) mass is 2050 g/mol. The van der Waals surface area contributed by atoms with Gasteiger partial charge in [0.1, 0.15) is 0 Å². The summed E-state index contributed by atoms with van der Waals surface area (Å²) in [5.74, 6) is 0. The molecular weight excluding hydrogens is 1930 g/mol. The van der Waals surface area contributed by atoms with E-state index in [9.17, 15) is 0 Å². The fourth-order valence-corrected chi connectivity index (χ4v) is 23.9. The quantitative estimate of drug-likeness (QED) is 0.0336. The Hall–Kier alpha value is -15.1. The van der Waals surface area contributed by atoms with Gasteiger partial charge in [0, 0.05) is 103 Å². The summed E-state index contributed by atoms with van der Waals surface area (Å²) in [5, 5.41) is 11.2. The molecule has 0 saturated heterocycles. The lowest BCUT2D eigenvalue weighted by Gasteiger charge is -2.34. The van der Waals surface area contributed by atoms with Crippen molar-refractivity contribution < 1.29 is 0 Å². The molecule has 0 radical (unpaired) electrons. The number of aromatic nitrogens is 3. The summed E-state index contributed by atoms with van der Waals surface area (Å²) < 4.78 is 9.39. The second-order valence-corrected chi connectivity index (χ2v) is 41.7. The number of halogens is 2. The number of hydrogen-bond donors (Lipinski definition) is 2. The molecule has 0 fully saturated rings. The molecule has 2 aliphatic rings. The van der Waals surface area contributed by atoms with Gasteiger partial charge >= 0.3 is 0 Å². The molecule has 0 amide bonds. The number of hydrogen-bond acceptors (Lipinski definition) is 3. The molecule has 148 heavy (non-hydrogen) atoms. The number of nitrogen functional groups attached to an aromatic ring is 1. The van der Waals surface area contributed by atoms with Crippen LogP contribution in [0.1, 0.15) is 178 Å². The van der Waals surface area contributed by atoms with Crippen LogP contribution >= 0.6 is 31.9 Å². The highest BCUT2D eigenvalue weighted by Gasteiger charge is 2.44. The molecule has 3 aromatic heterocycles. The minimum atomic E-state index is 0.0132. The molecule has 0 saturated carbocycles. The van der Waals surface area contributed by atoms with Crippen molar-refractivity contribution in [3.05, 3.63) is 498 Å². The van der Waals surface area contributed by atoms with Gasteiger partial charge in [-0.3, -0.25) is 0 Å². The number of unbranched alkanes of at least 4 members (excludes halogenated alkanes) is 12. The standard InChI is InChI=1S/C55H54N2.C30H22N2.C25H33Br.C18H12BrN.C12H11N/c1-3-5-7-19-37-55(38-20-8-6-4-2)51-27-17-15-25-47(51)48-35-33-46(40-52(48)55)56(44-31-29-42(30-32-44)41-21-11-9-12-22-41)45-34-36-54-50(39-45)49-26-16-18-28-53(49)57(54)43-23-13-10-14-24-43;1-3-9-22(10-4-1)23-15-17-24(18-16-23)31-25-19-20-30-28(21-25)27-13-7-8-14-29(27)32(30)26-11-5-2-6-12-26;1-3-5-7-11-17-25(18-12-8-6-4-2)23-14-10-9-13-21(23)22-16-15-20(26)19-24(22)25;19-13-10-11-18-16(12-13)15-8-4-5-9-17(15)20(18)14-6-2-1-3-7-14;13-12-8-6-11(7-9-12)10-4-2-1-3-5-10/h9-18,21-36,39-40H,3-8,19-20,37-38H2,1-2H3;1-21,31H;9-10,13-16,19H,3-8,11-12,17-18H2,1-2H3;1-12H;1-9H,13H2. The number of nitrogens with one attached hydrogen (secondary N) is 1. The summed E-state index contributed by atoms with van der Waals surface area (Å²) in [5.41, 5.74) is 42.6. The van der Waals surface area contributed by atoms with Crippen LogP contribution in [0.5, 0.6) is 0 Å². The summed E-state index contributed by atoms with van der Waals surface area (Å²) in [6.07, 6.45) is 25.9. The molecule has 2 aliphatic carbocycles. The predicted octanol–water partition coefficient (Wildman–Crippen LogP) is 41.5. The zero-order chi connectivity index (χ0) is 101. The number of nitrogens with two attached hydrogens (primary N) is 1. The summed E-state index contributed by atoms with van der Waals surface area (Å²) in [6, 6.07) is 168. The number of benzene rings is 19. The molecule has 736 valence electrons. The highest BCUT2D eigenvalue weighted by atomic mass is 79.9. The normalized spacial score (nSPS) is 12.3. The van der Waals surface area contributed by atoms with Crippen LogP contribution in [0.25, 0.3) is 138 Å². The zero-order valence-electron chi connectivity index (χ0n) is 85.7. The number of para-hydroxylation sites is 6. The third kappa shape index (κ3) is 21.7. The van der Waals surface area contributed by atoms with Crippen LogP contribution < -0.4 is 16.0 Å². The molecule has 0 unspecified atom stereocenters. The molecule has 3 N–H and O–H groups in total. The van der Waals surface area contributed by atoms with E-state index in [1.807, 2.05) is 54.6 Å². The Morgan fingerprint density at radius 2 is 0.514 bits per heavy atom. The maximum Gasteiger partial charge on any atom is 0.0542 e. The van der Waals surface area contributed by atoms with Gasteiger partial charge < -0.3 is 29.7 Å². The molecule has 22 aromatic rings. The second-order valence-electron chi connectivity index (χ2n) is 39.9. The Kier molecular flexibility index (Phi) is 32.3. The van der Waals surface area contributed by atoms with Crippen molar-refractivity contribution in [3.63, 3.8) is 0 Å². The fourth-order valence-electron chi connectivity index (χ4n) is 23.1. The molecule has 3 heterocycles. The first-order chi connectivity index (χ1) is 73.0. The fraction of sp³-hybridized carbons (Fsp3) is 0.186. The molecule has 0 bridgehead atoms. The van der Waals surface area contributed by atoms with Crippen molar-refractivity contribution in [1.82, 2.24) is 13.7 Å². The van der Waals surface area contributed by atoms with Gasteiger partial charge in [-0.15, -0.1) is 0 Å². The number of rotatable bonds is 31. The third-order valence-electron chi connectivity index (χ3n) is 30.4. The van der Waals surface area contributed by atoms with E-state index in [0.717, 1.165) is 32.9 Å². The van der Waals surface area contributed by atoms with E-state index in [-0.39, 0.29) is 10.8 Å². The lowest BCUT2D eigenvalue weighted by Crippen LogP contribution is -2.26. The predicted molar refractivity (Wildman–Crippen MR) is 643 cm³/mol. The van der Waals surface area contributed by atoms with Crippen molar-refractivity contribution in [3.8, 4) is 72.7 Å². The van der Waals surface area contributed by atoms with Crippen molar-refractivity contribution in [2.75, 3.05) is 16.0 Å². The van der Waals surface area contributed by atoms with Crippen LogP contribution in [0.2, 0.25) is 0 Å². The first-order valence-corrected chi connectivity index (χ1v) is 55.4. The Labute approximate surface area is 892 Å². The first kappa shape index (κ1) is 100. The van der Waals surface area contributed by atoms with Gasteiger partial charge in [-0.2, -0.15) is 0 Å². The summed E-state index contributed by atoms with van der Waals surface area (Å²) in [6.45, 7) is 9.25. The van der Waals surface area contributed by atoms with Crippen molar-refractivity contribution >= 4 is 131 Å². The van der Waals surface area contributed by atoms with E-state index >= 15 is 0 Å². The Morgan fingerprint density at radius 3 is 0.946 bits per heavy atom. The maximum absolute atomic E-state index is 5.60. The Balaban J connectivity index is 0.000000123. The van der Waals surface area contributed by atoms with Gasteiger partial charge in [-0.1, -0.05) is 460 Å². The van der Waals surface area contributed by atoms with Gasteiger partial charge in [0.15, 0.2) is 0 Å². The average molecular weight is 2060 g/mol. The molecule has 6 nitrogen and oxygen atoms in total. The third-order valence-corrected chi connectivity index (χ3v) is 31.4. The topological polar surface area (TPSA) is 56.1 Å². The van der Waals surface area contributed by atoms with Crippen LogP contribution in [0.3, 0.4) is 0 Å². The van der Waals surface area contributed by atoms with E-state index in [2.05, 4.69) is 496 Å². The smallest absolute Gasteiger partial charge is 0.0542 e. The van der Waals surface area contributed by atoms with E-state index in [1.165, 1.54) is 282 Å². The molecular formula is C140H132Br2N6. The van der Waals surface area contributed by atoms with Crippen molar-refractivity contribution in [1.29, 1.82) is 0 Å². The zero-order valence-corrected chi connectivity index (χ0v) is 88.9. The maximum atomic E-state index is 5.60. The summed E-state index contributed by atoms with van der Waals surface area (Å²) in [7, 11) is 0. The SMILES string of the molecule is Brc1ccc2c(c1)c1ccccc1n2-c1ccccc1.CCCCCCC1(CCCCCC)c2ccccc2-c2ccc(Br)cc21.CCCCCCC1(CCCCCC)c2ccccc2-c2ccc(N(c3ccc(-c4ccccc4)cc3)c3ccc4c(c3)c3ccccc3n4-c3ccccc3)cc21.Nc1ccc(-c2ccccc2)cc1.c1ccc(-c2ccc(Nc3ccc4c(c3)c3ccccc3n4-c3ccccc3)cc2)cc1. The number of anilines is 6. The highest BCUT2D eigenvalue weighted by molar-refractivity contribution is 9.10. The van der Waals surface area contributed by atoms with Crippen molar-refractivity contribution in [2.24, 2.45) is 0 Å². The second kappa shape index (κ2) is 47.6. The van der Waals surface area contributed by atoms with E-state index < -0.39 is 0 Å². The molecule has 0 aliphatic heterocycles. The first-order valence-electron chi connectivity index (χ1n) is 53.8. The van der Waals surface area contributed by atoms with Crippen LogP contribution in [0.15, 0.2) is 476 Å². The number of fused-ring (bicyclic) bond motifs is 15. The average Bonchev–Trinajstić information content (AvgIpc) is 1.55. The molecule has 0 spiro atoms. The van der Waals surface area contributed by atoms with Gasteiger partial charge in [-0.25, -0.2) is 0 Å². The highest BCUT2D eigenvalue weighted by Crippen LogP contribution is 2.58. The van der Waals surface area contributed by atoms with Crippen molar-refractivity contribution in [2.45, 2.75) is 167 Å². The molecule has 8 heteroatoms. The summed E-state index contributed by atoms with van der Waals surface area (Å²) >= 11 is 7.32. The minimum Gasteiger partial charge on any atom is -0.399 e. The van der Waals surface area contributed by atoms with Crippen LogP contribution in [-0.4, -0.2) is 13.7 Å². The minimum absolute atomic E-state index is 0.0132. The number of nitrogens with zero attached hydrogens (tertiary/aromatic N) is 4. The van der Waals surface area contributed by atoms with E-state index in [0.29, 0.717) is 0 Å². The summed E-state index contributed by atoms with van der Waals surface area (Å²) in [4.78, 5) is 2.50. The Morgan fingerprint density at radius 1 is 0.223 bits per heavy atom. The van der Waals surface area contributed by atoms with Gasteiger partial charge in [0.05, 0.1) is 33.1 Å². The largest absolute Gasteiger partial charge is 0.399 e. The van der Waals surface area contributed by atoms with Gasteiger partial charge in [0.25, 0.3) is 0 Å². The van der Waals surface area contributed by atoms with Gasteiger partial charge in [-0.05, 0) is 273 Å². The van der Waals surface area contributed by atoms with Gasteiger partial charge in [0.2, 0.25) is 0 Å². The van der Waals surface area contributed by atoms with Crippen LogP contribution in [-0.2, 0) is 10.8 Å². The molecule has 19 aromatic carbocycles. The molecule has 24 rings (SSSR count). The van der Waals surface area contributed by atoms with Crippen LogP contribution in [0, 0.1) is 0 Å². The van der Waals surface area contributed by atoms with Crippen LogP contribution in [0.4, 0.5) is 34.1 Å². The lowest BCUT2D eigenvalue weighted by molar-refractivity contribution is 0.401. The van der Waals surface area contributed by atoms with E-state index in [4.69, 9.17) is 5.73 Å².